The fourth-order valence-electron chi connectivity index (χ4n) is 2.17. The molecule has 0 aliphatic carbocycles. The highest BCUT2D eigenvalue weighted by atomic mass is 32.2. The molecule has 0 amide bonds. The normalized spacial score (nSPS) is 11.7. The SMILES string of the molecule is CS(=O)(=O)c1ccc(-c2[c]c3ccccc3cc2)cc1. The van der Waals surface area contributed by atoms with Crippen molar-refractivity contribution in [1.82, 2.24) is 0 Å². The van der Waals surface area contributed by atoms with E-state index in [9.17, 15) is 8.42 Å². The maximum atomic E-state index is 11.4. The fourth-order valence-corrected chi connectivity index (χ4v) is 2.80. The van der Waals surface area contributed by atoms with Gasteiger partial charge in [-0.2, -0.15) is 0 Å². The predicted octanol–water partition coefficient (Wildman–Crippen LogP) is 3.71. The standard InChI is InChI=1S/C17H13O2S/c1-20(18,19)17-10-8-14(9-11-17)16-7-6-13-4-2-3-5-15(13)12-16/h2-11H,1H3. The maximum absolute atomic E-state index is 11.4. The average Bonchev–Trinajstić information content (AvgIpc) is 2.46. The van der Waals surface area contributed by atoms with Crippen molar-refractivity contribution < 1.29 is 8.42 Å². The van der Waals surface area contributed by atoms with E-state index in [-0.39, 0.29) is 0 Å². The van der Waals surface area contributed by atoms with Gasteiger partial charge < -0.3 is 0 Å². The lowest BCUT2D eigenvalue weighted by Crippen LogP contribution is -1.96. The van der Waals surface area contributed by atoms with Crippen LogP contribution in [0.5, 0.6) is 0 Å². The first-order chi connectivity index (χ1) is 9.54. The van der Waals surface area contributed by atoms with E-state index in [4.69, 9.17) is 0 Å². The van der Waals surface area contributed by atoms with Gasteiger partial charge in [0.25, 0.3) is 0 Å². The molecule has 0 spiro atoms. The van der Waals surface area contributed by atoms with Crippen LogP contribution in [0.2, 0.25) is 0 Å². The monoisotopic (exact) mass is 281 g/mol. The number of hydrogen-bond acceptors (Lipinski definition) is 2. The van der Waals surface area contributed by atoms with Crippen LogP contribution in [0.25, 0.3) is 21.9 Å². The van der Waals surface area contributed by atoms with Crippen LogP contribution < -0.4 is 0 Å². The van der Waals surface area contributed by atoms with Crippen LogP contribution >= 0.6 is 0 Å². The Hall–Kier alpha value is -2.13. The lowest BCUT2D eigenvalue weighted by Gasteiger charge is -2.05. The summed E-state index contributed by atoms with van der Waals surface area (Å²) < 4.78 is 22.9. The second kappa shape index (κ2) is 4.76. The predicted molar refractivity (Wildman–Crippen MR) is 81.3 cm³/mol. The molecule has 0 aromatic heterocycles. The van der Waals surface area contributed by atoms with Crippen LogP contribution in [0.15, 0.2) is 65.6 Å². The molecule has 0 saturated heterocycles. The number of hydrogen-bond donors (Lipinski definition) is 0. The molecule has 0 atom stereocenters. The molecule has 0 aliphatic rings. The Kier molecular flexibility index (Phi) is 3.07. The average molecular weight is 281 g/mol. The summed E-state index contributed by atoms with van der Waals surface area (Å²) in [6, 6.07) is 22.3. The van der Waals surface area contributed by atoms with E-state index in [0.29, 0.717) is 4.90 Å². The molecular formula is C17H13O2S. The zero-order valence-electron chi connectivity index (χ0n) is 11.0. The highest BCUT2D eigenvalue weighted by molar-refractivity contribution is 7.90. The lowest BCUT2D eigenvalue weighted by molar-refractivity contribution is 0.602. The summed E-state index contributed by atoms with van der Waals surface area (Å²) in [4.78, 5) is 0.335. The van der Waals surface area contributed by atoms with E-state index in [1.54, 1.807) is 12.1 Å². The van der Waals surface area contributed by atoms with Gasteiger partial charge in [-0.1, -0.05) is 48.5 Å². The Labute approximate surface area is 118 Å². The minimum Gasteiger partial charge on any atom is -0.224 e. The molecule has 0 saturated carbocycles. The molecule has 0 N–H and O–H groups in total. The van der Waals surface area contributed by atoms with Crippen LogP contribution in [0.3, 0.4) is 0 Å². The molecule has 0 unspecified atom stereocenters. The van der Waals surface area contributed by atoms with Crippen molar-refractivity contribution in [1.29, 1.82) is 0 Å². The smallest absolute Gasteiger partial charge is 0.175 e. The van der Waals surface area contributed by atoms with Crippen LogP contribution in [0.1, 0.15) is 0 Å². The van der Waals surface area contributed by atoms with Gasteiger partial charge in [0.1, 0.15) is 0 Å². The summed E-state index contributed by atoms with van der Waals surface area (Å²) in [5, 5.41) is 2.20. The first kappa shape index (κ1) is 12.9. The Morgan fingerprint density at radius 1 is 0.850 bits per heavy atom. The third kappa shape index (κ3) is 2.45. The van der Waals surface area contributed by atoms with Crippen molar-refractivity contribution >= 4 is 20.6 Å². The van der Waals surface area contributed by atoms with Crippen LogP contribution in [0, 0.1) is 6.07 Å². The Bertz CT molecular complexity index is 863. The van der Waals surface area contributed by atoms with Gasteiger partial charge in [0.2, 0.25) is 0 Å². The van der Waals surface area contributed by atoms with Crippen molar-refractivity contribution in [2.75, 3.05) is 6.26 Å². The summed E-state index contributed by atoms with van der Waals surface area (Å²) in [6.07, 6.45) is 1.21. The zero-order valence-corrected chi connectivity index (χ0v) is 11.8. The molecule has 3 aromatic carbocycles. The molecule has 1 radical (unpaired) electrons. The van der Waals surface area contributed by atoms with Crippen LogP contribution in [0.4, 0.5) is 0 Å². The number of benzene rings is 3. The largest absolute Gasteiger partial charge is 0.224 e. The van der Waals surface area contributed by atoms with Crippen molar-refractivity contribution in [3.63, 3.8) is 0 Å². The third-order valence-electron chi connectivity index (χ3n) is 3.25. The van der Waals surface area contributed by atoms with Gasteiger partial charge in [-0.15, -0.1) is 0 Å². The van der Waals surface area contributed by atoms with E-state index < -0.39 is 9.84 Å². The Balaban J connectivity index is 2.07. The molecule has 2 nitrogen and oxygen atoms in total. The minimum absolute atomic E-state index is 0.335. The van der Waals surface area contributed by atoms with Gasteiger partial charge >= 0.3 is 0 Å². The van der Waals surface area contributed by atoms with E-state index in [1.807, 2.05) is 48.5 Å². The van der Waals surface area contributed by atoms with Crippen molar-refractivity contribution in [2.24, 2.45) is 0 Å². The summed E-state index contributed by atoms with van der Waals surface area (Å²) in [5.41, 5.74) is 1.92. The van der Waals surface area contributed by atoms with Gasteiger partial charge in [-0.25, -0.2) is 8.42 Å². The second-order valence-electron chi connectivity index (χ2n) is 4.76. The summed E-state index contributed by atoms with van der Waals surface area (Å²) in [6.45, 7) is 0. The van der Waals surface area contributed by atoms with Crippen molar-refractivity contribution in [2.45, 2.75) is 4.90 Å². The number of fused-ring (bicyclic) bond motifs is 1. The van der Waals surface area contributed by atoms with E-state index >= 15 is 0 Å². The van der Waals surface area contributed by atoms with Crippen LogP contribution in [-0.4, -0.2) is 14.7 Å². The third-order valence-corrected chi connectivity index (χ3v) is 4.38. The van der Waals surface area contributed by atoms with E-state index in [1.165, 1.54) is 6.26 Å². The highest BCUT2D eigenvalue weighted by Gasteiger charge is 2.07. The molecule has 0 aliphatic heterocycles. The zero-order chi connectivity index (χ0) is 14.2. The summed E-state index contributed by atoms with van der Waals surface area (Å²) in [5.74, 6) is 0. The molecule has 0 fully saturated rings. The van der Waals surface area contributed by atoms with E-state index in [0.717, 1.165) is 21.9 Å². The summed E-state index contributed by atoms with van der Waals surface area (Å²) in [7, 11) is -3.15. The topological polar surface area (TPSA) is 34.1 Å². The highest BCUT2D eigenvalue weighted by Crippen LogP contribution is 2.24. The lowest BCUT2D eigenvalue weighted by atomic mass is 10.0. The molecule has 3 aromatic rings. The minimum atomic E-state index is -3.15. The first-order valence-electron chi connectivity index (χ1n) is 6.26. The number of sulfone groups is 1. The maximum Gasteiger partial charge on any atom is 0.175 e. The number of rotatable bonds is 2. The van der Waals surface area contributed by atoms with E-state index in [2.05, 4.69) is 6.07 Å². The quantitative estimate of drug-likeness (QED) is 0.717. The molecule has 3 heteroatoms. The van der Waals surface area contributed by atoms with Crippen molar-refractivity contribution in [3.05, 3.63) is 66.7 Å². The van der Waals surface area contributed by atoms with Gasteiger partial charge in [0.15, 0.2) is 9.84 Å². The van der Waals surface area contributed by atoms with Crippen molar-refractivity contribution in [3.8, 4) is 11.1 Å². The molecular weight excluding hydrogens is 268 g/mol. The Morgan fingerprint density at radius 3 is 2.25 bits per heavy atom. The molecule has 3 rings (SSSR count). The Morgan fingerprint density at radius 2 is 1.55 bits per heavy atom. The second-order valence-corrected chi connectivity index (χ2v) is 6.77. The molecule has 20 heavy (non-hydrogen) atoms. The van der Waals surface area contributed by atoms with Crippen LogP contribution in [-0.2, 0) is 9.84 Å². The van der Waals surface area contributed by atoms with Gasteiger partial charge in [0, 0.05) is 6.26 Å². The fraction of sp³-hybridized carbons (Fsp3) is 0.0588. The van der Waals surface area contributed by atoms with Gasteiger partial charge in [-0.05, 0) is 40.1 Å². The van der Waals surface area contributed by atoms with Gasteiger partial charge in [0.05, 0.1) is 4.90 Å². The summed E-state index contributed by atoms with van der Waals surface area (Å²) >= 11 is 0. The first-order valence-corrected chi connectivity index (χ1v) is 8.15. The van der Waals surface area contributed by atoms with Gasteiger partial charge in [-0.3, -0.25) is 0 Å². The molecule has 0 heterocycles. The molecule has 0 bridgehead atoms. The molecule has 99 valence electrons.